The minimum Gasteiger partial charge on any atom is -0.492 e. The summed E-state index contributed by atoms with van der Waals surface area (Å²) in [7, 11) is 0. The third-order valence-electron chi connectivity index (χ3n) is 9.50. The van der Waals surface area contributed by atoms with Gasteiger partial charge in [-0.25, -0.2) is 0 Å². The summed E-state index contributed by atoms with van der Waals surface area (Å²) in [6.45, 7) is 12.9. The minimum absolute atomic E-state index is 0.101. The van der Waals surface area contributed by atoms with Crippen molar-refractivity contribution >= 4 is 57.5 Å². The van der Waals surface area contributed by atoms with Crippen molar-refractivity contribution in [1.82, 2.24) is 19.6 Å². The van der Waals surface area contributed by atoms with Gasteiger partial charge >= 0.3 is 0 Å². The number of anilines is 1. The predicted octanol–water partition coefficient (Wildman–Crippen LogP) is 5.80. The van der Waals surface area contributed by atoms with E-state index in [0.29, 0.717) is 90.7 Å². The van der Waals surface area contributed by atoms with Crippen LogP contribution >= 0.6 is 23.2 Å². The second-order valence-electron chi connectivity index (χ2n) is 12.7. The van der Waals surface area contributed by atoms with Crippen LogP contribution in [-0.2, 0) is 4.79 Å². The Bertz CT molecular complexity index is 1790. The van der Waals surface area contributed by atoms with E-state index >= 15 is 0 Å². The van der Waals surface area contributed by atoms with E-state index in [0.717, 1.165) is 43.8 Å². The Morgan fingerprint density at radius 1 is 0.740 bits per heavy atom. The lowest BCUT2D eigenvalue weighted by atomic mass is 10.1. The van der Waals surface area contributed by atoms with Gasteiger partial charge in [-0.2, -0.15) is 0 Å². The Morgan fingerprint density at radius 2 is 1.38 bits per heavy atom. The van der Waals surface area contributed by atoms with Gasteiger partial charge in [0.25, 0.3) is 5.91 Å². The van der Waals surface area contributed by atoms with E-state index in [9.17, 15) is 14.4 Å². The summed E-state index contributed by atoms with van der Waals surface area (Å²) < 4.78 is 11.9. The van der Waals surface area contributed by atoms with Gasteiger partial charge in [-0.3, -0.25) is 24.2 Å². The maximum atomic E-state index is 13.2. The summed E-state index contributed by atoms with van der Waals surface area (Å²) in [5.74, 6) is 0.863. The molecule has 0 saturated carbocycles. The molecule has 50 heavy (non-hydrogen) atoms. The molecule has 2 aliphatic heterocycles. The molecule has 4 aromatic rings. The van der Waals surface area contributed by atoms with Gasteiger partial charge in [0.2, 0.25) is 11.7 Å². The van der Waals surface area contributed by atoms with Crippen LogP contribution in [0.25, 0.3) is 11.0 Å². The Balaban J connectivity index is 0.898. The molecule has 0 aliphatic carbocycles. The van der Waals surface area contributed by atoms with E-state index < -0.39 is 0 Å². The number of fused-ring (bicyclic) bond motifs is 1. The maximum Gasteiger partial charge on any atom is 0.254 e. The van der Waals surface area contributed by atoms with Crippen molar-refractivity contribution in [1.29, 1.82) is 0 Å². The summed E-state index contributed by atoms with van der Waals surface area (Å²) in [4.78, 5) is 49.5. The van der Waals surface area contributed by atoms with Gasteiger partial charge in [-0.1, -0.05) is 23.2 Å². The zero-order valence-electron chi connectivity index (χ0n) is 28.6. The van der Waals surface area contributed by atoms with E-state index in [-0.39, 0.29) is 17.6 Å². The summed E-state index contributed by atoms with van der Waals surface area (Å²) in [5, 5.41) is 1.77. The molecule has 2 aliphatic rings. The number of carbonyl (C=O) groups excluding carboxylic acids is 3. The number of halogens is 2. The van der Waals surface area contributed by atoms with Gasteiger partial charge < -0.3 is 23.9 Å². The summed E-state index contributed by atoms with van der Waals surface area (Å²) in [6.07, 6.45) is 0. The van der Waals surface area contributed by atoms with Crippen LogP contribution in [0.1, 0.15) is 40.3 Å². The number of carbonyl (C=O) groups is 3. The van der Waals surface area contributed by atoms with Crippen LogP contribution in [0.3, 0.4) is 0 Å². The molecular formula is C38H43Cl2N5O5. The van der Waals surface area contributed by atoms with Crippen molar-refractivity contribution in [2.75, 3.05) is 90.0 Å². The van der Waals surface area contributed by atoms with Crippen molar-refractivity contribution in [3.8, 4) is 5.75 Å². The Morgan fingerprint density at radius 3 is 2.04 bits per heavy atom. The first-order chi connectivity index (χ1) is 24.2. The Labute approximate surface area is 303 Å². The van der Waals surface area contributed by atoms with Gasteiger partial charge in [0.15, 0.2) is 5.76 Å². The molecule has 0 atom stereocenters. The molecule has 0 bridgehead atoms. The molecule has 0 N–H and O–H groups in total. The molecule has 12 heteroatoms. The van der Waals surface area contributed by atoms with E-state index in [4.69, 9.17) is 32.4 Å². The van der Waals surface area contributed by atoms with E-state index in [2.05, 4.69) is 34.6 Å². The number of ketones is 1. The second kappa shape index (κ2) is 16.3. The molecule has 6 rings (SSSR count). The lowest BCUT2D eigenvalue weighted by Crippen LogP contribution is -2.54. The number of furan rings is 1. The molecule has 264 valence electrons. The fraction of sp³-hybridized carbons (Fsp3) is 0.395. The summed E-state index contributed by atoms with van der Waals surface area (Å²) in [5.41, 5.74) is 2.80. The largest absolute Gasteiger partial charge is 0.492 e. The number of rotatable bonds is 12. The molecule has 10 nitrogen and oxygen atoms in total. The van der Waals surface area contributed by atoms with Crippen LogP contribution in [0.15, 0.2) is 71.1 Å². The molecule has 3 heterocycles. The number of piperazine rings is 2. The predicted molar refractivity (Wildman–Crippen MR) is 197 cm³/mol. The Hall–Kier alpha value is -4.09. The fourth-order valence-corrected chi connectivity index (χ4v) is 7.06. The molecule has 2 saturated heterocycles. The molecule has 3 aromatic carbocycles. The van der Waals surface area contributed by atoms with Crippen molar-refractivity contribution in [2.24, 2.45) is 0 Å². The highest BCUT2D eigenvalue weighted by Gasteiger charge is 2.27. The number of ether oxygens (including phenoxy) is 1. The lowest BCUT2D eigenvalue weighted by molar-refractivity contribution is -0.134. The standard InChI is InChI=1S/C38H43Cl2N5O5/c1-3-43(4-2)32-8-5-28-23-35(50-34(28)25-32)37(47)27-6-9-33(10-7-27)49-20-19-41-11-15-44(16-12-41)36(46)26-42-13-17-45(18-14-42)38(48)29-21-30(39)24-31(40)22-29/h5-10,21-25H,3-4,11-20,26H2,1-2H3. The monoisotopic (exact) mass is 719 g/mol. The van der Waals surface area contributed by atoms with Crippen LogP contribution in [-0.4, -0.2) is 122 Å². The molecule has 1 aromatic heterocycles. The van der Waals surface area contributed by atoms with Crippen LogP contribution in [0.2, 0.25) is 10.0 Å². The zero-order chi connectivity index (χ0) is 35.2. The average molecular weight is 721 g/mol. The Kier molecular flexibility index (Phi) is 11.6. The van der Waals surface area contributed by atoms with E-state index in [1.165, 1.54) is 0 Å². The molecule has 2 fully saturated rings. The second-order valence-corrected chi connectivity index (χ2v) is 13.5. The molecule has 0 radical (unpaired) electrons. The van der Waals surface area contributed by atoms with Gasteiger partial charge in [-0.05, 0) is 74.5 Å². The molecule has 0 unspecified atom stereocenters. The summed E-state index contributed by atoms with van der Waals surface area (Å²) >= 11 is 12.1. The van der Waals surface area contributed by atoms with Crippen LogP contribution in [0.5, 0.6) is 5.75 Å². The van der Waals surface area contributed by atoms with E-state index in [1.807, 2.05) is 29.2 Å². The lowest BCUT2D eigenvalue weighted by Gasteiger charge is -2.38. The first-order valence-corrected chi connectivity index (χ1v) is 18.0. The highest BCUT2D eigenvalue weighted by atomic mass is 35.5. The smallest absolute Gasteiger partial charge is 0.254 e. The normalized spacial score (nSPS) is 15.8. The highest BCUT2D eigenvalue weighted by molar-refractivity contribution is 6.35. The number of nitrogens with zero attached hydrogens (tertiary/aromatic N) is 5. The van der Waals surface area contributed by atoms with Crippen molar-refractivity contribution in [3.05, 3.63) is 93.7 Å². The van der Waals surface area contributed by atoms with Gasteiger partial charge in [0.1, 0.15) is 17.9 Å². The molecule has 0 spiro atoms. The van der Waals surface area contributed by atoms with Gasteiger partial charge in [0, 0.05) is 110 Å². The number of hydrogen-bond donors (Lipinski definition) is 0. The number of hydrogen-bond acceptors (Lipinski definition) is 8. The van der Waals surface area contributed by atoms with Crippen molar-refractivity contribution < 1.29 is 23.5 Å². The van der Waals surface area contributed by atoms with Gasteiger partial charge in [0.05, 0.1) is 6.54 Å². The first-order valence-electron chi connectivity index (χ1n) is 17.2. The van der Waals surface area contributed by atoms with Crippen molar-refractivity contribution in [2.45, 2.75) is 13.8 Å². The number of amides is 2. The van der Waals surface area contributed by atoms with Crippen LogP contribution in [0.4, 0.5) is 5.69 Å². The highest BCUT2D eigenvalue weighted by Crippen LogP contribution is 2.27. The fourth-order valence-electron chi connectivity index (χ4n) is 6.54. The summed E-state index contributed by atoms with van der Waals surface area (Å²) in [6, 6.07) is 19.9. The zero-order valence-corrected chi connectivity index (χ0v) is 30.1. The van der Waals surface area contributed by atoms with Crippen LogP contribution in [0, 0.1) is 0 Å². The first kappa shape index (κ1) is 35.7. The maximum absolute atomic E-state index is 13.2. The third kappa shape index (κ3) is 8.61. The minimum atomic E-state index is -0.165. The van der Waals surface area contributed by atoms with E-state index in [1.54, 1.807) is 41.3 Å². The van der Waals surface area contributed by atoms with Crippen molar-refractivity contribution in [3.63, 3.8) is 0 Å². The average Bonchev–Trinajstić information content (AvgIpc) is 3.56. The van der Waals surface area contributed by atoms with Crippen LogP contribution < -0.4 is 9.64 Å². The number of benzene rings is 3. The SMILES string of the molecule is CCN(CC)c1ccc2cc(C(=O)c3ccc(OCCN4CCN(C(=O)CN5CCN(C(=O)c6cc(Cl)cc(Cl)c6)CC5)CC4)cc3)oc2c1. The topological polar surface area (TPSA) is 89.8 Å². The molecular weight excluding hydrogens is 677 g/mol. The molecule has 2 amide bonds. The third-order valence-corrected chi connectivity index (χ3v) is 9.94. The van der Waals surface area contributed by atoms with Gasteiger partial charge in [-0.15, -0.1) is 0 Å². The quantitative estimate of drug-likeness (QED) is 0.170.